The van der Waals surface area contributed by atoms with Gasteiger partial charge >= 0.3 is 26.2 Å². The third kappa shape index (κ3) is 5.66. The molecule has 0 spiro atoms. The molecule has 0 saturated carbocycles. The van der Waals surface area contributed by atoms with Crippen molar-refractivity contribution in [2.75, 3.05) is 0 Å². The van der Waals surface area contributed by atoms with E-state index in [4.69, 9.17) is 0 Å². The van der Waals surface area contributed by atoms with Crippen molar-refractivity contribution in [2.24, 2.45) is 0 Å². The summed E-state index contributed by atoms with van der Waals surface area (Å²) in [5, 5.41) is 5.63. The SMILES string of the molecule is CCc1[cH-]c2cccc(-c3ccccc3)c2c1CCc1c(CC)[cH-]c2cccc(-c3ccccc3)c12.[CH3-].[CH3-].[Zr+4]. The molecule has 0 aliphatic heterocycles. The molecule has 0 radical (unpaired) electrons. The normalized spacial score (nSPS) is 10.6. The van der Waals surface area contributed by atoms with Crippen LogP contribution in [0.25, 0.3) is 43.8 Å². The fraction of sp³-hybridized carbons (Fsp3) is 0.158. The predicted molar refractivity (Wildman–Crippen MR) is 169 cm³/mol. The van der Waals surface area contributed by atoms with E-state index >= 15 is 0 Å². The molecule has 0 fully saturated rings. The molecule has 194 valence electrons. The van der Waals surface area contributed by atoms with E-state index in [1.807, 2.05) is 0 Å². The van der Waals surface area contributed by atoms with Gasteiger partial charge in [-0.05, 0) is 24.0 Å². The zero-order valence-corrected chi connectivity index (χ0v) is 26.2. The minimum Gasteiger partial charge on any atom is -0.358 e. The molecule has 0 unspecified atom stereocenters. The Kier molecular flexibility index (Phi) is 10.5. The Bertz CT molecular complexity index is 1510. The van der Waals surface area contributed by atoms with Gasteiger partial charge in [0.2, 0.25) is 0 Å². The number of aryl methyl sites for hydroxylation is 4. The van der Waals surface area contributed by atoms with Crippen molar-refractivity contribution >= 4 is 21.5 Å². The maximum Gasteiger partial charge on any atom is 4.00 e. The second-order valence-electron chi connectivity index (χ2n) is 9.78. The van der Waals surface area contributed by atoms with Crippen LogP contribution in [0.15, 0.2) is 109 Å². The zero-order chi connectivity index (χ0) is 24.5. The third-order valence-corrected chi connectivity index (χ3v) is 7.79. The maximum absolute atomic E-state index is 2.43. The Morgan fingerprint density at radius 3 is 1.23 bits per heavy atom. The second-order valence-corrected chi connectivity index (χ2v) is 9.78. The van der Waals surface area contributed by atoms with Gasteiger partial charge in [-0.25, -0.2) is 0 Å². The topological polar surface area (TPSA) is 0 Å². The molecular formula is C38H38Zr. The second kappa shape index (κ2) is 13.4. The monoisotopic (exact) mass is 584 g/mol. The van der Waals surface area contributed by atoms with Crippen LogP contribution in [0.3, 0.4) is 0 Å². The first-order valence-electron chi connectivity index (χ1n) is 13.3. The quantitative estimate of drug-likeness (QED) is 0.164. The van der Waals surface area contributed by atoms with E-state index in [9.17, 15) is 0 Å². The molecule has 1 heteroatoms. The number of rotatable bonds is 7. The van der Waals surface area contributed by atoms with Crippen molar-refractivity contribution in [3.63, 3.8) is 0 Å². The Balaban J connectivity index is 0.00000140. The average Bonchev–Trinajstić information content (AvgIpc) is 3.50. The van der Waals surface area contributed by atoms with Gasteiger partial charge in [-0.3, -0.25) is 0 Å². The molecule has 6 aromatic rings. The third-order valence-electron chi connectivity index (χ3n) is 7.79. The Hall–Kier alpha value is -3.02. The van der Waals surface area contributed by atoms with Gasteiger partial charge in [0, 0.05) is 0 Å². The molecule has 0 aliphatic carbocycles. The van der Waals surface area contributed by atoms with E-state index < -0.39 is 0 Å². The van der Waals surface area contributed by atoms with Crippen LogP contribution >= 0.6 is 0 Å². The van der Waals surface area contributed by atoms with Crippen molar-refractivity contribution in [3.8, 4) is 22.3 Å². The summed E-state index contributed by atoms with van der Waals surface area (Å²) < 4.78 is 0. The molecule has 0 aliphatic rings. The smallest absolute Gasteiger partial charge is 0.358 e. The van der Waals surface area contributed by atoms with E-state index in [2.05, 4.69) is 123 Å². The van der Waals surface area contributed by atoms with Gasteiger partial charge in [-0.15, -0.1) is 69.1 Å². The van der Waals surface area contributed by atoms with E-state index in [0.29, 0.717) is 0 Å². The molecule has 0 bridgehead atoms. The van der Waals surface area contributed by atoms with Gasteiger partial charge in [0.25, 0.3) is 0 Å². The molecule has 0 N–H and O–H groups in total. The Labute approximate surface area is 254 Å². The predicted octanol–water partition coefficient (Wildman–Crippen LogP) is 10.6. The largest absolute Gasteiger partial charge is 4.00 e. The van der Waals surface area contributed by atoms with E-state index in [-0.39, 0.29) is 41.1 Å². The number of hydrogen-bond acceptors (Lipinski definition) is 0. The summed E-state index contributed by atoms with van der Waals surface area (Å²) in [6, 6.07) is 40.2. The first-order chi connectivity index (χ1) is 17.8. The van der Waals surface area contributed by atoms with Gasteiger partial charge < -0.3 is 14.9 Å². The first-order valence-corrected chi connectivity index (χ1v) is 13.3. The van der Waals surface area contributed by atoms with Crippen molar-refractivity contribution < 1.29 is 26.2 Å². The molecule has 0 amide bonds. The van der Waals surface area contributed by atoms with Crippen LogP contribution in [0.5, 0.6) is 0 Å². The van der Waals surface area contributed by atoms with Crippen LogP contribution in [0.4, 0.5) is 0 Å². The van der Waals surface area contributed by atoms with E-state index in [1.165, 1.54) is 66.1 Å². The van der Waals surface area contributed by atoms with Crippen molar-refractivity contribution in [1.29, 1.82) is 0 Å². The minimum absolute atomic E-state index is 0. The number of hydrogen-bond donors (Lipinski definition) is 0. The number of benzene rings is 4. The molecule has 0 nitrogen and oxygen atoms in total. The maximum atomic E-state index is 2.43. The summed E-state index contributed by atoms with van der Waals surface area (Å²) >= 11 is 0. The average molecular weight is 586 g/mol. The molecule has 0 saturated heterocycles. The molecule has 0 heterocycles. The van der Waals surface area contributed by atoms with E-state index in [0.717, 1.165) is 25.7 Å². The first kappa shape index (κ1) is 30.5. The zero-order valence-electron chi connectivity index (χ0n) is 23.7. The summed E-state index contributed by atoms with van der Waals surface area (Å²) in [6.45, 7) is 4.59. The molecule has 0 atom stereocenters. The van der Waals surface area contributed by atoms with Crippen LogP contribution < -0.4 is 0 Å². The van der Waals surface area contributed by atoms with Gasteiger partial charge in [-0.1, -0.05) is 111 Å². The van der Waals surface area contributed by atoms with Crippen LogP contribution in [-0.2, 0) is 51.9 Å². The summed E-state index contributed by atoms with van der Waals surface area (Å²) in [5.74, 6) is 0. The molecule has 6 aromatic carbocycles. The Morgan fingerprint density at radius 1 is 0.487 bits per heavy atom. The summed E-state index contributed by atoms with van der Waals surface area (Å²) in [6.07, 6.45) is 4.25. The van der Waals surface area contributed by atoms with Crippen LogP contribution in [-0.4, -0.2) is 0 Å². The van der Waals surface area contributed by atoms with Crippen LogP contribution in [0.2, 0.25) is 0 Å². The summed E-state index contributed by atoms with van der Waals surface area (Å²) in [5.41, 5.74) is 11.4. The van der Waals surface area contributed by atoms with Gasteiger partial charge in [0.1, 0.15) is 0 Å². The molecule has 0 aromatic heterocycles. The number of fused-ring (bicyclic) bond motifs is 2. The van der Waals surface area contributed by atoms with Crippen LogP contribution in [0.1, 0.15) is 36.1 Å². The van der Waals surface area contributed by atoms with E-state index in [1.54, 1.807) is 0 Å². The van der Waals surface area contributed by atoms with Crippen LogP contribution in [0, 0.1) is 14.9 Å². The Morgan fingerprint density at radius 2 is 0.872 bits per heavy atom. The van der Waals surface area contributed by atoms with Crippen molar-refractivity contribution in [3.05, 3.63) is 146 Å². The summed E-state index contributed by atoms with van der Waals surface area (Å²) in [4.78, 5) is 0. The minimum atomic E-state index is 0. The molecular weight excluding hydrogens is 548 g/mol. The molecule has 6 rings (SSSR count). The fourth-order valence-corrected chi connectivity index (χ4v) is 6.09. The van der Waals surface area contributed by atoms with Gasteiger partial charge in [0.15, 0.2) is 0 Å². The fourth-order valence-electron chi connectivity index (χ4n) is 6.09. The van der Waals surface area contributed by atoms with Crippen molar-refractivity contribution in [1.82, 2.24) is 0 Å². The summed E-state index contributed by atoms with van der Waals surface area (Å²) in [7, 11) is 0. The standard InChI is InChI=1S/C36H32.2CH3.Zr/c1-3-25-23-29-17-11-19-31(27-13-7-5-8-14-27)35(29)33(25)21-22-34-26(4-2)24-30-18-12-20-32(36(30)34)28-15-9-6-10-16-28;;;/h5-20,23-24H,3-4,21-22H2,1-2H3;2*1H3;/q-2;2*-1;+4. The van der Waals surface area contributed by atoms with Gasteiger partial charge in [0.05, 0.1) is 0 Å². The molecule has 39 heavy (non-hydrogen) atoms. The van der Waals surface area contributed by atoms with Gasteiger partial charge in [-0.2, -0.15) is 11.1 Å². The van der Waals surface area contributed by atoms with Crippen molar-refractivity contribution in [2.45, 2.75) is 39.5 Å².